The first-order chi connectivity index (χ1) is 10.2. The normalized spacial score (nSPS) is 22.0. The summed E-state index contributed by atoms with van der Waals surface area (Å²) in [6.07, 6.45) is 4.84. The number of methoxy groups -OCH3 is 1. The van der Waals surface area contributed by atoms with E-state index in [1.165, 1.54) is 6.42 Å². The zero-order valence-corrected chi connectivity index (χ0v) is 12.2. The minimum absolute atomic E-state index is 0.173. The van der Waals surface area contributed by atoms with Crippen LogP contribution in [0.25, 0.3) is 0 Å². The Hall–Kier alpha value is -1.53. The first kappa shape index (κ1) is 14.4. The lowest BCUT2D eigenvalue weighted by Crippen LogP contribution is -2.39. The smallest absolute Gasteiger partial charge is 0.492 e. The number of rotatable bonds is 3. The van der Waals surface area contributed by atoms with Gasteiger partial charge in [-0.1, -0.05) is 25.3 Å². The van der Waals surface area contributed by atoms with E-state index in [1.807, 2.05) is 0 Å². The Kier molecular flexibility index (Phi) is 4.17. The molecule has 3 rings (SSSR count). The number of carbonyl (C=O) groups is 1. The van der Waals surface area contributed by atoms with Crippen LogP contribution in [0.4, 0.5) is 0 Å². The Morgan fingerprint density at radius 1 is 1.38 bits per heavy atom. The molecule has 1 heterocycles. The molecule has 0 aromatic heterocycles. The summed E-state index contributed by atoms with van der Waals surface area (Å²) >= 11 is 0. The molecule has 6 heteroatoms. The summed E-state index contributed by atoms with van der Waals surface area (Å²) in [5.41, 5.74) is 1.33. The minimum atomic E-state index is -1.05. The molecule has 1 saturated carbocycles. The van der Waals surface area contributed by atoms with Gasteiger partial charge in [0.25, 0.3) is 5.91 Å². The van der Waals surface area contributed by atoms with E-state index >= 15 is 0 Å². The lowest BCUT2D eigenvalue weighted by Gasteiger charge is -2.24. The minimum Gasteiger partial charge on any atom is -0.497 e. The molecule has 0 spiro atoms. The molecule has 1 unspecified atom stereocenters. The second-order valence-corrected chi connectivity index (χ2v) is 5.71. The van der Waals surface area contributed by atoms with E-state index in [4.69, 9.17) is 9.39 Å². The summed E-state index contributed by atoms with van der Waals surface area (Å²) < 4.78 is 10.6. The first-order valence-corrected chi connectivity index (χ1v) is 7.51. The molecule has 112 valence electrons. The van der Waals surface area contributed by atoms with E-state index in [0.29, 0.717) is 16.8 Å². The maximum atomic E-state index is 12.4. The monoisotopic (exact) mass is 289 g/mol. The Morgan fingerprint density at radius 3 is 2.86 bits per heavy atom. The van der Waals surface area contributed by atoms with Crippen molar-refractivity contribution in [3.63, 3.8) is 0 Å². The fraction of sp³-hybridized carbons (Fsp3) is 0.533. The van der Waals surface area contributed by atoms with Gasteiger partial charge in [-0.25, -0.2) is 0 Å². The molecule has 5 nitrogen and oxygen atoms in total. The average Bonchev–Trinajstić information content (AvgIpc) is 2.85. The second kappa shape index (κ2) is 6.07. The number of ether oxygens (including phenoxy) is 1. The van der Waals surface area contributed by atoms with Gasteiger partial charge in [0.15, 0.2) is 0 Å². The average molecular weight is 289 g/mol. The highest BCUT2D eigenvalue weighted by molar-refractivity contribution is 6.62. The summed E-state index contributed by atoms with van der Waals surface area (Å²) in [4.78, 5) is 12.4. The lowest BCUT2D eigenvalue weighted by molar-refractivity contribution is -0.129. The van der Waals surface area contributed by atoms with Crippen molar-refractivity contribution in [2.45, 2.75) is 44.2 Å². The molecule has 1 aromatic carbocycles. The fourth-order valence-corrected chi connectivity index (χ4v) is 3.13. The summed E-state index contributed by atoms with van der Waals surface area (Å²) in [6, 6.07) is 5.48. The molecule has 1 atom stereocenters. The van der Waals surface area contributed by atoms with Crippen molar-refractivity contribution < 1.29 is 19.2 Å². The van der Waals surface area contributed by atoms with Crippen molar-refractivity contribution in [2.24, 2.45) is 0 Å². The van der Waals surface area contributed by atoms with E-state index in [1.54, 1.807) is 25.3 Å². The Labute approximate surface area is 124 Å². The maximum absolute atomic E-state index is 12.4. The van der Waals surface area contributed by atoms with Crippen molar-refractivity contribution >= 4 is 18.5 Å². The highest BCUT2D eigenvalue weighted by atomic mass is 16.5. The van der Waals surface area contributed by atoms with Crippen LogP contribution in [-0.4, -0.2) is 31.2 Å². The number of benzene rings is 1. The summed E-state index contributed by atoms with van der Waals surface area (Å²) in [7, 11) is 0.526. The number of hydrogen-bond acceptors (Lipinski definition) is 4. The van der Waals surface area contributed by atoms with Crippen molar-refractivity contribution in [1.29, 1.82) is 0 Å². The lowest BCUT2D eigenvalue weighted by atomic mass is 9.79. The van der Waals surface area contributed by atoms with Gasteiger partial charge in [-0.2, -0.15) is 0 Å². The molecule has 0 saturated heterocycles. The number of fused-ring (bicyclic) bond motifs is 1. The largest absolute Gasteiger partial charge is 0.497 e. The summed E-state index contributed by atoms with van der Waals surface area (Å²) in [5, 5.41) is 13.0. The third kappa shape index (κ3) is 2.92. The van der Waals surface area contributed by atoms with Crippen molar-refractivity contribution in [3.05, 3.63) is 23.8 Å². The molecule has 1 fully saturated rings. The van der Waals surface area contributed by atoms with Crippen LogP contribution >= 0.6 is 0 Å². The molecule has 2 aliphatic rings. The molecule has 1 amide bonds. The molecule has 2 N–H and O–H groups in total. The first-order valence-electron chi connectivity index (χ1n) is 7.51. The third-order valence-corrected chi connectivity index (χ3v) is 4.30. The zero-order valence-electron chi connectivity index (χ0n) is 12.2. The van der Waals surface area contributed by atoms with Crippen molar-refractivity contribution in [1.82, 2.24) is 5.32 Å². The molecule has 0 bridgehead atoms. The fourth-order valence-electron chi connectivity index (χ4n) is 3.13. The molecule has 21 heavy (non-hydrogen) atoms. The van der Waals surface area contributed by atoms with Gasteiger partial charge >= 0.3 is 7.12 Å². The highest BCUT2D eigenvalue weighted by Gasteiger charge is 2.39. The van der Waals surface area contributed by atoms with Crippen LogP contribution in [-0.2, 0) is 9.45 Å². The predicted octanol–water partition coefficient (Wildman–Crippen LogP) is 0.903. The van der Waals surface area contributed by atoms with Crippen LogP contribution in [0.5, 0.6) is 5.75 Å². The molecule has 1 aromatic rings. The topological polar surface area (TPSA) is 67.8 Å². The van der Waals surface area contributed by atoms with Crippen molar-refractivity contribution in [3.8, 4) is 5.75 Å². The Morgan fingerprint density at radius 2 is 2.14 bits per heavy atom. The van der Waals surface area contributed by atoms with Gasteiger partial charge in [0, 0.05) is 6.04 Å². The molecule has 0 radical (unpaired) electrons. The summed E-state index contributed by atoms with van der Waals surface area (Å²) in [5.74, 6) is 0.481. The van der Waals surface area contributed by atoms with Crippen LogP contribution in [0.3, 0.4) is 0 Å². The summed E-state index contributed by atoms with van der Waals surface area (Å²) in [6.45, 7) is 0. The zero-order chi connectivity index (χ0) is 14.8. The Bertz CT molecular complexity index is 530. The van der Waals surface area contributed by atoms with Crippen molar-refractivity contribution in [2.75, 3.05) is 7.11 Å². The molecular formula is C15H20BNO4. The van der Waals surface area contributed by atoms with E-state index in [0.717, 1.165) is 25.7 Å². The van der Waals surface area contributed by atoms with Gasteiger partial charge in [0.1, 0.15) is 11.9 Å². The third-order valence-electron chi connectivity index (χ3n) is 4.30. The molecule has 1 aliphatic heterocycles. The quantitative estimate of drug-likeness (QED) is 0.811. The predicted molar refractivity (Wildman–Crippen MR) is 79.4 cm³/mol. The van der Waals surface area contributed by atoms with Gasteiger partial charge in [0.05, 0.1) is 7.11 Å². The van der Waals surface area contributed by atoms with Gasteiger partial charge < -0.3 is 19.7 Å². The number of hydrogen-bond donors (Lipinski definition) is 2. The number of amides is 1. The molecule has 1 aliphatic carbocycles. The Balaban J connectivity index is 1.76. The van der Waals surface area contributed by atoms with E-state index < -0.39 is 13.2 Å². The van der Waals surface area contributed by atoms with Gasteiger partial charge in [0.2, 0.25) is 0 Å². The van der Waals surface area contributed by atoms with Crippen LogP contribution in [0.1, 0.15) is 43.8 Å². The van der Waals surface area contributed by atoms with Crippen LogP contribution in [0, 0.1) is 0 Å². The SMILES string of the molecule is COc1ccc2c(c1)C(C(=O)NC1CCCCC1)OB2O. The maximum Gasteiger partial charge on any atom is 0.492 e. The number of carbonyl (C=O) groups excluding carboxylic acids is 1. The highest BCUT2D eigenvalue weighted by Crippen LogP contribution is 2.28. The van der Waals surface area contributed by atoms with Gasteiger partial charge in [-0.3, -0.25) is 4.79 Å². The number of nitrogens with one attached hydrogen (secondary N) is 1. The van der Waals surface area contributed by atoms with Crippen LogP contribution in [0.15, 0.2) is 18.2 Å². The van der Waals surface area contributed by atoms with Crippen LogP contribution in [0.2, 0.25) is 0 Å². The standard InChI is InChI=1S/C15H20BNO4/c1-20-11-7-8-13-12(9-11)14(21-16(13)19)15(18)17-10-5-3-2-4-6-10/h7-10,14,19H,2-6H2,1H3,(H,17,18). The van der Waals surface area contributed by atoms with Gasteiger partial charge in [-0.05, 0) is 36.0 Å². The van der Waals surface area contributed by atoms with E-state index in [-0.39, 0.29) is 11.9 Å². The van der Waals surface area contributed by atoms with Crippen LogP contribution < -0.4 is 15.5 Å². The second-order valence-electron chi connectivity index (χ2n) is 5.71. The van der Waals surface area contributed by atoms with E-state index in [2.05, 4.69) is 5.32 Å². The van der Waals surface area contributed by atoms with Gasteiger partial charge in [-0.15, -0.1) is 0 Å². The molecular weight excluding hydrogens is 269 g/mol. The van der Waals surface area contributed by atoms with E-state index in [9.17, 15) is 9.82 Å².